The molecule has 1 aromatic heterocycles. The summed E-state index contributed by atoms with van der Waals surface area (Å²) >= 11 is 0. The second kappa shape index (κ2) is 11.7. The Morgan fingerprint density at radius 1 is 0.960 bits per heavy atom. The van der Waals surface area contributed by atoms with Crippen LogP contribution in [0.2, 0.25) is 0 Å². The molecule has 0 radical (unpaired) electrons. The zero-order valence-corrected chi connectivity index (χ0v) is 26.7. The number of ether oxygens (including phenoxy) is 7. The van der Waals surface area contributed by atoms with Gasteiger partial charge in [0, 0.05) is 31.6 Å². The number of carbonyl (C=O) groups is 3. The van der Waals surface area contributed by atoms with E-state index in [0.717, 1.165) is 26.4 Å². The van der Waals surface area contributed by atoms with Gasteiger partial charge in [-0.05, 0) is 24.4 Å². The monoisotopic (exact) mass is 698 g/mol. The molecule has 7 atom stereocenters. The predicted molar refractivity (Wildman–Crippen MR) is 162 cm³/mol. The standard InChI is InChI=1S/C33H30O17/c1-10-23(36)15(44-3)9-18(46-10)48-30-22-25(38)20-13(34)8-14(43-2)24(37)21(20)27(40)29(22)50-33(30)17(35)7-12-5-11-6-16(31(41)45-4)47-32(42)19(11)26(39)28(12)49-33/h5-6,8,10,15,17-18,23,30,35-36,38-40H,7,9H2,1-4H3/t10-,15+,17?,18-,23-,30+,33?/m0/s1. The van der Waals surface area contributed by atoms with E-state index in [4.69, 9.17) is 32.8 Å². The highest BCUT2D eigenvalue weighted by molar-refractivity contribution is 6.26. The zero-order valence-electron chi connectivity index (χ0n) is 26.7. The van der Waals surface area contributed by atoms with Crippen molar-refractivity contribution in [1.29, 1.82) is 0 Å². The molecule has 5 N–H and O–H groups in total. The fraction of sp³-hybridized carbons (Fsp3) is 0.394. The van der Waals surface area contributed by atoms with E-state index in [2.05, 4.69) is 4.74 Å². The lowest BCUT2D eigenvalue weighted by molar-refractivity contribution is -0.313. The van der Waals surface area contributed by atoms with Crippen molar-refractivity contribution in [2.45, 2.75) is 62.4 Å². The Kier molecular flexibility index (Phi) is 7.80. The van der Waals surface area contributed by atoms with Crippen molar-refractivity contribution in [1.82, 2.24) is 0 Å². The topological polar surface area (TPSA) is 247 Å². The van der Waals surface area contributed by atoms with Crippen molar-refractivity contribution in [2.75, 3.05) is 21.3 Å². The predicted octanol–water partition coefficient (Wildman–Crippen LogP) is 1.26. The Bertz CT molecular complexity index is 2080. The van der Waals surface area contributed by atoms with Crippen molar-refractivity contribution >= 4 is 28.3 Å². The van der Waals surface area contributed by atoms with Crippen LogP contribution in [0.3, 0.4) is 0 Å². The number of benzene rings is 2. The summed E-state index contributed by atoms with van der Waals surface area (Å²) < 4.78 is 44.5. The average molecular weight is 699 g/mol. The summed E-state index contributed by atoms with van der Waals surface area (Å²) in [6.07, 6.45) is -7.15. The van der Waals surface area contributed by atoms with Crippen molar-refractivity contribution in [2.24, 2.45) is 0 Å². The number of phenols is 3. The van der Waals surface area contributed by atoms with Crippen LogP contribution in [0.5, 0.6) is 28.7 Å². The van der Waals surface area contributed by atoms with Crippen LogP contribution in [-0.4, -0.2) is 101 Å². The molecule has 50 heavy (non-hydrogen) atoms. The van der Waals surface area contributed by atoms with Crippen molar-refractivity contribution in [3.63, 3.8) is 0 Å². The maximum atomic E-state index is 13.2. The van der Waals surface area contributed by atoms with Gasteiger partial charge >= 0.3 is 17.4 Å². The number of Topliss-reactive ketones (excluding diaryl/α,β-unsaturated/α-hetero) is 1. The number of aliphatic hydroxyl groups is 2. The van der Waals surface area contributed by atoms with Crippen LogP contribution in [-0.2, 0) is 30.1 Å². The lowest BCUT2D eigenvalue weighted by atomic mass is 9.85. The van der Waals surface area contributed by atoms with Crippen molar-refractivity contribution in [3.05, 3.63) is 62.4 Å². The number of ketones is 2. The third kappa shape index (κ3) is 4.65. The number of esters is 1. The molecule has 3 aliphatic heterocycles. The van der Waals surface area contributed by atoms with E-state index in [-0.39, 0.29) is 23.8 Å². The zero-order chi connectivity index (χ0) is 36.0. The van der Waals surface area contributed by atoms with Crippen molar-refractivity contribution in [3.8, 4) is 28.7 Å². The van der Waals surface area contributed by atoms with Gasteiger partial charge < -0.3 is 63.1 Å². The lowest BCUT2D eigenvalue weighted by Crippen LogP contribution is -2.59. The first-order valence-electron chi connectivity index (χ1n) is 15.2. The molecular weight excluding hydrogens is 668 g/mol. The molecule has 2 unspecified atom stereocenters. The molecule has 3 aromatic rings. The van der Waals surface area contributed by atoms with Crippen LogP contribution in [0, 0.1) is 0 Å². The van der Waals surface area contributed by atoms with Crippen LogP contribution in [0.1, 0.15) is 61.8 Å². The molecule has 1 spiro atoms. The molecule has 4 aliphatic rings. The Hall–Kier alpha value is -5.20. The number of carbonyl (C=O) groups excluding carboxylic acids is 3. The number of aliphatic hydroxyl groups excluding tert-OH is 2. The van der Waals surface area contributed by atoms with Crippen LogP contribution in [0.25, 0.3) is 10.8 Å². The van der Waals surface area contributed by atoms with Crippen LogP contribution >= 0.6 is 0 Å². The first-order valence-corrected chi connectivity index (χ1v) is 15.2. The second-order valence-corrected chi connectivity index (χ2v) is 12.1. The van der Waals surface area contributed by atoms with E-state index in [9.17, 15) is 44.7 Å². The van der Waals surface area contributed by atoms with E-state index >= 15 is 0 Å². The number of hydrogen-bond donors (Lipinski definition) is 5. The number of allylic oxidation sites excluding steroid dienone is 2. The van der Waals surface area contributed by atoms with Crippen LogP contribution in [0.15, 0.2) is 33.2 Å². The molecule has 0 bridgehead atoms. The number of aromatic hydroxyl groups is 3. The fourth-order valence-electron chi connectivity index (χ4n) is 6.86. The Balaban J connectivity index is 1.41. The summed E-state index contributed by atoms with van der Waals surface area (Å²) in [5, 5.41) is 56.5. The molecule has 0 amide bonds. The summed E-state index contributed by atoms with van der Waals surface area (Å²) in [5.74, 6) is -9.75. The van der Waals surface area contributed by atoms with Gasteiger partial charge in [-0.15, -0.1) is 0 Å². The minimum atomic E-state index is -2.50. The number of rotatable bonds is 5. The van der Waals surface area contributed by atoms with E-state index in [1.165, 1.54) is 13.2 Å². The van der Waals surface area contributed by atoms with Crippen molar-refractivity contribution < 1.29 is 77.5 Å². The molecule has 4 heterocycles. The van der Waals surface area contributed by atoms with Gasteiger partial charge in [0.1, 0.15) is 23.3 Å². The molecular formula is C33H30O17. The molecule has 2 aromatic carbocycles. The highest BCUT2D eigenvalue weighted by Gasteiger charge is 2.63. The number of hydrogen-bond acceptors (Lipinski definition) is 17. The van der Waals surface area contributed by atoms with Gasteiger partial charge in [0.05, 0.1) is 43.1 Å². The third-order valence-corrected chi connectivity index (χ3v) is 9.33. The Morgan fingerprint density at radius 2 is 1.68 bits per heavy atom. The summed E-state index contributed by atoms with van der Waals surface area (Å²) in [4.78, 5) is 51.5. The number of fused-ring (bicyclic) bond motifs is 4. The molecule has 1 fully saturated rings. The quantitative estimate of drug-likeness (QED) is 0.186. The second-order valence-electron chi connectivity index (χ2n) is 12.1. The first-order chi connectivity index (χ1) is 23.8. The van der Waals surface area contributed by atoms with Gasteiger partial charge in [0.25, 0.3) is 0 Å². The fourth-order valence-corrected chi connectivity index (χ4v) is 6.86. The molecule has 264 valence electrons. The van der Waals surface area contributed by atoms with Gasteiger partial charge in [-0.2, -0.15) is 0 Å². The minimum absolute atomic E-state index is 0.0447. The summed E-state index contributed by atoms with van der Waals surface area (Å²) in [6.45, 7) is 1.55. The molecule has 1 saturated heterocycles. The minimum Gasteiger partial charge on any atom is -0.507 e. The van der Waals surface area contributed by atoms with Gasteiger partial charge in [0.2, 0.25) is 11.5 Å². The van der Waals surface area contributed by atoms with Crippen LogP contribution < -0.4 is 15.1 Å². The van der Waals surface area contributed by atoms with E-state index in [1.807, 2.05) is 0 Å². The maximum absolute atomic E-state index is 13.2. The van der Waals surface area contributed by atoms with Gasteiger partial charge in [-0.25, -0.2) is 9.59 Å². The lowest BCUT2D eigenvalue weighted by Gasteiger charge is -2.44. The molecule has 17 nitrogen and oxygen atoms in total. The van der Waals surface area contributed by atoms with Gasteiger partial charge in [-0.1, -0.05) is 0 Å². The summed E-state index contributed by atoms with van der Waals surface area (Å²) in [7, 11) is 3.58. The highest BCUT2D eigenvalue weighted by Crippen LogP contribution is 2.61. The SMILES string of the molecule is COC(=O)c1cc2cc3c(c(O)c2c(=O)o1)OC1(Oc2c(O)c4c(c(O)c2[C@H]1O[C@H]1C[C@@H](OC)[C@@H](O)[C@H](C)O1)C(=O)C=C(OC)C4=O)C(O)C3. The molecule has 0 saturated carbocycles. The summed E-state index contributed by atoms with van der Waals surface area (Å²) in [6, 6.07) is 2.52. The Morgan fingerprint density at radius 3 is 2.36 bits per heavy atom. The number of phenolic OH excluding ortho intramolecular Hbond substituents is 3. The average Bonchev–Trinajstić information content (AvgIpc) is 3.40. The number of methoxy groups -OCH3 is 3. The largest absolute Gasteiger partial charge is 0.507 e. The first kappa shape index (κ1) is 33.3. The highest BCUT2D eigenvalue weighted by atomic mass is 16.8. The molecule has 7 rings (SSSR count). The van der Waals surface area contributed by atoms with E-state index in [1.54, 1.807) is 6.92 Å². The van der Waals surface area contributed by atoms with Crippen LogP contribution in [0.4, 0.5) is 0 Å². The van der Waals surface area contributed by atoms with E-state index in [0.29, 0.717) is 0 Å². The van der Waals surface area contributed by atoms with E-state index < -0.39 is 128 Å². The normalized spacial score (nSPS) is 28.3. The summed E-state index contributed by atoms with van der Waals surface area (Å²) in [5.41, 5.74) is -2.68. The Labute approximate surface area is 280 Å². The molecule has 17 heteroatoms. The molecule has 1 aliphatic carbocycles. The van der Waals surface area contributed by atoms with Gasteiger partial charge in [-0.3, -0.25) is 9.59 Å². The smallest absolute Gasteiger partial charge is 0.374 e. The maximum Gasteiger partial charge on any atom is 0.374 e. The third-order valence-electron chi connectivity index (χ3n) is 9.33. The van der Waals surface area contributed by atoms with Gasteiger partial charge in [0.15, 0.2) is 46.9 Å².